The lowest BCUT2D eigenvalue weighted by Crippen LogP contribution is -2.25. The standard InChI is InChI=1S/C20H19Cl2N3O3S/c1-4-29(27,28)24-15-7-5-6-14(10-15)19-12(2)20(26)25(23-13(19)3)16-8-9-17(21)18(22)11-16/h5-11,24H,4H2,1-3H3. The molecule has 1 N–H and O–H groups in total. The first-order chi connectivity index (χ1) is 13.6. The molecule has 0 radical (unpaired) electrons. The topological polar surface area (TPSA) is 81.1 Å². The summed E-state index contributed by atoms with van der Waals surface area (Å²) >= 11 is 12.0. The summed E-state index contributed by atoms with van der Waals surface area (Å²) in [5.74, 6) is -0.0312. The Morgan fingerprint density at radius 1 is 1.07 bits per heavy atom. The maximum Gasteiger partial charge on any atom is 0.275 e. The highest BCUT2D eigenvalue weighted by Crippen LogP contribution is 2.28. The van der Waals surface area contributed by atoms with Crippen molar-refractivity contribution in [2.24, 2.45) is 0 Å². The highest BCUT2D eigenvalue weighted by molar-refractivity contribution is 7.92. The lowest BCUT2D eigenvalue weighted by atomic mass is 10.00. The predicted molar refractivity (Wildman–Crippen MR) is 118 cm³/mol. The third-order valence-corrected chi connectivity index (χ3v) is 6.50. The molecule has 0 saturated carbocycles. The summed E-state index contributed by atoms with van der Waals surface area (Å²) in [6.07, 6.45) is 0. The predicted octanol–water partition coefficient (Wildman–Crippen LogP) is 4.58. The van der Waals surface area contributed by atoms with Gasteiger partial charge in [-0.3, -0.25) is 9.52 Å². The molecule has 0 atom stereocenters. The van der Waals surface area contributed by atoms with Gasteiger partial charge in [0.15, 0.2) is 0 Å². The zero-order valence-electron chi connectivity index (χ0n) is 16.0. The van der Waals surface area contributed by atoms with Crippen LogP contribution in [0.1, 0.15) is 18.2 Å². The molecular formula is C20H19Cl2N3O3S. The third kappa shape index (κ3) is 4.47. The van der Waals surface area contributed by atoms with Gasteiger partial charge in [-0.25, -0.2) is 8.42 Å². The Balaban J connectivity index is 2.12. The molecule has 0 aliphatic rings. The van der Waals surface area contributed by atoms with E-state index < -0.39 is 10.0 Å². The summed E-state index contributed by atoms with van der Waals surface area (Å²) < 4.78 is 27.5. The first kappa shape index (κ1) is 21.4. The second-order valence-electron chi connectivity index (χ2n) is 6.49. The molecule has 0 aliphatic heterocycles. The van der Waals surface area contributed by atoms with Crippen LogP contribution in [0.5, 0.6) is 0 Å². The first-order valence-electron chi connectivity index (χ1n) is 8.80. The van der Waals surface area contributed by atoms with Crippen molar-refractivity contribution in [2.75, 3.05) is 10.5 Å². The van der Waals surface area contributed by atoms with Crippen molar-refractivity contribution < 1.29 is 8.42 Å². The minimum atomic E-state index is -3.41. The average molecular weight is 452 g/mol. The van der Waals surface area contributed by atoms with Crippen molar-refractivity contribution in [3.8, 4) is 16.8 Å². The number of halogens is 2. The summed E-state index contributed by atoms with van der Waals surface area (Å²) in [6, 6.07) is 11.7. The monoisotopic (exact) mass is 451 g/mol. The molecule has 9 heteroatoms. The fraction of sp³-hybridized carbons (Fsp3) is 0.200. The van der Waals surface area contributed by atoms with Gasteiger partial charge in [-0.1, -0.05) is 35.3 Å². The lowest BCUT2D eigenvalue weighted by molar-refractivity contribution is 0.602. The van der Waals surface area contributed by atoms with Gasteiger partial charge in [0.25, 0.3) is 5.56 Å². The van der Waals surface area contributed by atoms with Crippen molar-refractivity contribution in [1.29, 1.82) is 0 Å². The first-order valence-corrected chi connectivity index (χ1v) is 11.2. The van der Waals surface area contributed by atoms with E-state index in [4.69, 9.17) is 23.2 Å². The van der Waals surface area contributed by atoms with Crippen molar-refractivity contribution in [2.45, 2.75) is 20.8 Å². The van der Waals surface area contributed by atoms with Crippen LogP contribution in [0.3, 0.4) is 0 Å². The summed E-state index contributed by atoms with van der Waals surface area (Å²) in [6.45, 7) is 5.06. The summed E-state index contributed by atoms with van der Waals surface area (Å²) in [7, 11) is -3.41. The number of nitrogens with zero attached hydrogens (tertiary/aromatic N) is 2. The second kappa shape index (κ2) is 8.18. The summed E-state index contributed by atoms with van der Waals surface area (Å²) in [4.78, 5) is 13.0. The molecule has 3 rings (SSSR count). The molecule has 3 aromatic rings. The van der Waals surface area contributed by atoms with Crippen molar-refractivity contribution in [3.63, 3.8) is 0 Å². The van der Waals surface area contributed by atoms with Gasteiger partial charge >= 0.3 is 0 Å². The van der Waals surface area contributed by atoms with Crippen LogP contribution in [-0.4, -0.2) is 24.0 Å². The van der Waals surface area contributed by atoms with E-state index in [-0.39, 0.29) is 11.3 Å². The van der Waals surface area contributed by atoms with Crippen LogP contribution in [-0.2, 0) is 10.0 Å². The van der Waals surface area contributed by atoms with Gasteiger partial charge in [0.05, 0.1) is 27.2 Å². The SMILES string of the molecule is CCS(=O)(=O)Nc1cccc(-c2c(C)nn(-c3ccc(Cl)c(Cl)c3)c(=O)c2C)c1. The number of benzene rings is 2. The zero-order chi connectivity index (χ0) is 21.3. The second-order valence-corrected chi connectivity index (χ2v) is 9.31. The minimum absolute atomic E-state index is 0.0312. The quantitative estimate of drug-likeness (QED) is 0.614. The molecule has 6 nitrogen and oxygen atoms in total. The van der Waals surface area contributed by atoms with Crippen LogP contribution in [0.25, 0.3) is 16.8 Å². The van der Waals surface area contributed by atoms with Gasteiger partial charge in [-0.15, -0.1) is 0 Å². The highest BCUT2D eigenvalue weighted by Gasteiger charge is 2.16. The van der Waals surface area contributed by atoms with E-state index in [9.17, 15) is 13.2 Å². The lowest BCUT2D eigenvalue weighted by Gasteiger charge is -2.14. The van der Waals surface area contributed by atoms with E-state index in [2.05, 4.69) is 9.82 Å². The molecule has 0 fully saturated rings. The zero-order valence-corrected chi connectivity index (χ0v) is 18.4. The van der Waals surface area contributed by atoms with Gasteiger partial charge in [0.1, 0.15) is 0 Å². The maximum absolute atomic E-state index is 13.0. The van der Waals surface area contributed by atoms with Crippen molar-refractivity contribution >= 4 is 38.9 Å². The Labute approximate surface area is 179 Å². The fourth-order valence-corrected chi connectivity index (χ4v) is 3.91. The number of nitrogens with one attached hydrogen (secondary N) is 1. The molecule has 29 heavy (non-hydrogen) atoms. The van der Waals surface area contributed by atoms with Crippen LogP contribution in [0.15, 0.2) is 47.3 Å². The number of aromatic nitrogens is 2. The number of anilines is 1. The van der Waals surface area contributed by atoms with Crippen LogP contribution in [0.4, 0.5) is 5.69 Å². The largest absolute Gasteiger partial charge is 0.284 e. The molecule has 0 aliphatic carbocycles. The molecule has 152 valence electrons. The van der Waals surface area contributed by atoms with Crippen LogP contribution in [0.2, 0.25) is 10.0 Å². The van der Waals surface area contributed by atoms with E-state index in [1.807, 2.05) is 6.07 Å². The molecule has 1 heterocycles. The Bertz CT molecular complexity index is 1250. The molecule has 0 unspecified atom stereocenters. The molecule has 0 bridgehead atoms. The minimum Gasteiger partial charge on any atom is -0.284 e. The Morgan fingerprint density at radius 3 is 2.45 bits per heavy atom. The van der Waals surface area contributed by atoms with E-state index in [1.165, 1.54) is 4.68 Å². The van der Waals surface area contributed by atoms with E-state index in [0.717, 1.165) is 0 Å². The highest BCUT2D eigenvalue weighted by atomic mass is 35.5. The fourth-order valence-electron chi connectivity index (χ4n) is 2.99. The number of aryl methyl sites for hydroxylation is 1. The summed E-state index contributed by atoms with van der Waals surface area (Å²) in [5.41, 5.74) is 3.08. The molecule has 1 aromatic heterocycles. The average Bonchev–Trinajstić information content (AvgIpc) is 2.67. The van der Waals surface area contributed by atoms with Crippen LogP contribution < -0.4 is 10.3 Å². The van der Waals surface area contributed by atoms with E-state index >= 15 is 0 Å². The van der Waals surface area contributed by atoms with Crippen molar-refractivity contribution in [3.05, 3.63) is 74.1 Å². The molecule has 0 spiro atoms. The van der Waals surface area contributed by atoms with Gasteiger partial charge < -0.3 is 0 Å². The smallest absolute Gasteiger partial charge is 0.275 e. The third-order valence-electron chi connectivity index (χ3n) is 4.45. The normalized spacial score (nSPS) is 11.5. The number of hydrogen-bond acceptors (Lipinski definition) is 4. The number of rotatable bonds is 5. The van der Waals surface area contributed by atoms with Crippen LogP contribution in [0, 0.1) is 13.8 Å². The Hall–Kier alpha value is -2.35. The molecule has 0 amide bonds. The van der Waals surface area contributed by atoms with E-state index in [0.29, 0.717) is 43.8 Å². The number of hydrogen-bond donors (Lipinski definition) is 1. The van der Waals surface area contributed by atoms with Gasteiger partial charge in [0.2, 0.25) is 10.0 Å². The van der Waals surface area contributed by atoms with Gasteiger partial charge in [-0.2, -0.15) is 9.78 Å². The maximum atomic E-state index is 13.0. The molecule has 0 saturated heterocycles. The van der Waals surface area contributed by atoms with E-state index in [1.54, 1.807) is 57.2 Å². The van der Waals surface area contributed by atoms with Crippen LogP contribution >= 0.6 is 23.2 Å². The Kier molecular flexibility index (Phi) is 6.03. The van der Waals surface area contributed by atoms with Gasteiger partial charge in [0, 0.05) is 16.8 Å². The Morgan fingerprint density at radius 2 is 1.79 bits per heavy atom. The van der Waals surface area contributed by atoms with Crippen molar-refractivity contribution in [1.82, 2.24) is 9.78 Å². The van der Waals surface area contributed by atoms with Gasteiger partial charge in [-0.05, 0) is 56.7 Å². The molecular weight excluding hydrogens is 433 g/mol. The number of sulfonamides is 1. The summed E-state index contributed by atoms with van der Waals surface area (Å²) in [5, 5.41) is 5.15. The molecule has 2 aromatic carbocycles.